The van der Waals surface area contributed by atoms with E-state index < -0.39 is 6.61 Å². The fraction of sp³-hybridized carbons (Fsp3) is 0.0714. The average molecular weight is 354 g/mol. The van der Waals surface area contributed by atoms with E-state index in [0.717, 1.165) is 21.2 Å². The molecule has 2 N–H and O–H groups in total. The molecule has 0 radical (unpaired) electrons. The molecule has 0 amide bonds. The molecule has 3 aromatic rings. The lowest BCUT2D eigenvalue weighted by atomic mass is 10.2. The van der Waals surface area contributed by atoms with Gasteiger partial charge in [0.2, 0.25) is 5.95 Å². The predicted octanol–water partition coefficient (Wildman–Crippen LogP) is 3.97. The first-order valence-electron chi connectivity index (χ1n) is 6.03. The van der Waals surface area contributed by atoms with Crippen molar-refractivity contribution in [2.45, 2.75) is 6.61 Å². The minimum atomic E-state index is -2.84. The summed E-state index contributed by atoms with van der Waals surface area (Å²) in [7, 11) is 0. The summed E-state index contributed by atoms with van der Waals surface area (Å²) in [6, 6.07) is 11.8. The zero-order valence-corrected chi connectivity index (χ0v) is 12.2. The minimum absolute atomic E-state index is 0.0967. The molecule has 0 bridgehead atoms. The van der Waals surface area contributed by atoms with Gasteiger partial charge in [0, 0.05) is 10.2 Å². The van der Waals surface area contributed by atoms with Crippen molar-refractivity contribution in [2.75, 3.05) is 5.73 Å². The fourth-order valence-electron chi connectivity index (χ4n) is 2.12. The second kappa shape index (κ2) is 5.33. The number of hydrogen-bond acceptors (Lipinski definition) is 3. The standard InChI is InChI=1S/C14H10BrF2N3O/c15-8-1-6-12-11(7-8)19-14(18)20(12)9-2-4-10(5-3-9)21-13(16)17/h1-7,13H,(H2,18,19). The molecular weight excluding hydrogens is 344 g/mol. The van der Waals surface area contributed by atoms with Crippen LogP contribution < -0.4 is 10.5 Å². The van der Waals surface area contributed by atoms with Crippen LogP contribution in [0.25, 0.3) is 16.7 Å². The van der Waals surface area contributed by atoms with Crippen LogP contribution in [0.3, 0.4) is 0 Å². The van der Waals surface area contributed by atoms with Crippen LogP contribution >= 0.6 is 15.9 Å². The van der Waals surface area contributed by atoms with Gasteiger partial charge in [-0.1, -0.05) is 15.9 Å². The number of hydrogen-bond donors (Lipinski definition) is 1. The Bertz CT molecular complexity index is 787. The molecule has 3 rings (SSSR count). The number of aromatic nitrogens is 2. The number of rotatable bonds is 3. The van der Waals surface area contributed by atoms with Crippen LogP contribution in [0.5, 0.6) is 5.75 Å². The Morgan fingerprint density at radius 2 is 1.86 bits per heavy atom. The number of nitrogen functional groups attached to an aromatic ring is 1. The van der Waals surface area contributed by atoms with Gasteiger partial charge < -0.3 is 10.5 Å². The van der Waals surface area contributed by atoms with Gasteiger partial charge in [-0.15, -0.1) is 0 Å². The highest BCUT2D eigenvalue weighted by Crippen LogP contribution is 2.26. The summed E-state index contributed by atoms with van der Waals surface area (Å²) >= 11 is 3.38. The predicted molar refractivity (Wildman–Crippen MR) is 79.8 cm³/mol. The molecule has 0 atom stereocenters. The lowest BCUT2D eigenvalue weighted by molar-refractivity contribution is -0.0498. The van der Waals surface area contributed by atoms with Crippen LogP contribution in [0.2, 0.25) is 0 Å². The van der Waals surface area contributed by atoms with Crippen molar-refractivity contribution in [3.63, 3.8) is 0 Å². The van der Waals surface area contributed by atoms with Gasteiger partial charge in [-0.25, -0.2) is 4.98 Å². The summed E-state index contributed by atoms with van der Waals surface area (Å²) in [4.78, 5) is 4.28. The molecular formula is C14H10BrF2N3O. The van der Waals surface area contributed by atoms with Crippen molar-refractivity contribution in [3.8, 4) is 11.4 Å². The second-order valence-corrected chi connectivity index (χ2v) is 5.23. The lowest BCUT2D eigenvalue weighted by Crippen LogP contribution is -2.03. The van der Waals surface area contributed by atoms with Crippen molar-refractivity contribution in [2.24, 2.45) is 0 Å². The summed E-state index contributed by atoms with van der Waals surface area (Å²) in [5, 5.41) is 0. The largest absolute Gasteiger partial charge is 0.435 e. The highest BCUT2D eigenvalue weighted by atomic mass is 79.9. The Balaban J connectivity index is 2.05. The van der Waals surface area contributed by atoms with Crippen LogP contribution in [0.4, 0.5) is 14.7 Å². The zero-order chi connectivity index (χ0) is 15.0. The Morgan fingerprint density at radius 1 is 1.14 bits per heavy atom. The van der Waals surface area contributed by atoms with Gasteiger partial charge in [-0.05, 0) is 42.5 Å². The quantitative estimate of drug-likeness (QED) is 0.774. The summed E-state index contributed by atoms with van der Waals surface area (Å²) in [5.41, 5.74) is 8.24. The summed E-state index contributed by atoms with van der Waals surface area (Å²) in [6.07, 6.45) is 0. The summed E-state index contributed by atoms with van der Waals surface area (Å²) in [5.74, 6) is 0.421. The van der Waals surface area contributed by atoms with E-state index in [2.05, 4.69) is 25.7 Å². The molecule has 0 saturated carbocycles. The van der Waals surface area contributed by atoms with E-state index >= 15 is 0 Å². The Labute approximate surface area is 127 Å². The van der Waals surface area contributed by atoms with E-state index in [9.17, 15) is 8.78 Å². The molecule has 4 nitrogen and oxygen atoms in total. The van der Waals surface area contributed by atoms with E-state index in [1.54, 1.807) is 16.7 Å². The maximum absolute atomic E-state index is 12.1. The lowest BCUT2D eigenvalue weighted by Gasteiger charge is -2.08. The first-order chi connectivity index (χ1) is 10.0. The molecule has 1 heterocycles. The third-order valence-corrected chi connectivity index (χ3v) is 3.46. The van der Waals surface area contributed by atoms with E-state index in [1.807, 2.05) is 18.2 Å². The van der Waals surface area contributed by atoms with Gasteiger partial charge in [0.05, 0.1) is 11.0 Å². The SMILES string of the molecule is Nc1nc2cc(Br)ccc2n1-c1ccc(OC(F)F)cc1. The molecule has 0 aliphatic carbocycles. The maximum atomic E-state index is 12.1. The van der Waals surface area contributed by atoms with Gasteiger partial charge in [-0.3, -0.25) is 4.57 Å². The summed E-state index contributed by atoms with van der Waals surface area (Å²) < 4.78 is 31.3. The van der Waals surface area contributed by atoms with Crippen molar-refractivity contribution in [1.82, 2.24) is 9.55 Å². The van der Waals surface area contributed by atoms with Crippen molar-refractivity contribution < 1.29 is 13.5 Å². The molecule has 0 unspecified atom stereocenters. The van der Waals surface area contributed by atoms with Crippen LogP contribution in [0, 0.1) is 0 Å². The minimum Gasteiger partial charge on any atom is -0.435 e. The number of nitrogens with two attached hydrogens (primary N) is 1. The van der Waals surface area contributed by atoms with E-state index in [0.29, 0.717) is 5.95 Å². The second-order valence-electron chi connectivity index (χ2n) is 4.31. The molecule has 21 heavy (non-hydrogen) atoms. The Kier molecular flexibility index (Phi) is 3.50. The summed E-state index contributed by atoms with van der Waals surface area (Å²) in [6.45, 7) is -2.84. The van der Waals surface area contributed by atoms with E-state index in [-0.39, 0.29) is 5.75 Å². The molecule has 1 aromatic heterocycles. The van der Waals surface area contributed by atoms with Crippen molar-refractivity contribution >= 4 is 32.9 Å². The van der Waals surface area contributed by atoms with Gasteiger partial charge in [0.15, 0.2) is 0 Å². The molecule has 7 heteroatoms. The topological polar surface area (TPSA) is 53.1 Å². The van der Waals surface area contributed by atoms with Crippen molar-refractivity contribution in [3.05, 3.63) is 46.9 Å². The molecule has 0 fully saturated rings. The van der Waals surface area contributed by atoms with E-state index in [4.69, 9.17) is 5.73 Å². The number of anilines is 1. The van der Waals surface area contributed by atoms with E-state index in [1.165, 1.54) is 12.1 Å². The average Bonchev–Trinajstić information content (AvgIpc) is 2.74. The molecule has 0 aliphatic rings. The van der Waals surface area contributed by atoms with Gasteiger partial charge in [0.1, 0.15) is 5.75 Å². The highest BCUT2D eigenvalue weighted by Gasteiger charge is 2.11. The molecule has 2 aromatic carbocycles. The van der Waals surface area contributed by atoms with Crippen LogP contribution in [0.1, 0.15) is 0 Å². The first kappa shape index (κ1) is 13.8. The number of imidazole rings is 1. The number of alkyl halides is 2. The monoisotopic (exact) mass is 353 g/mol. The zero-order valence-electron chi connectivity index (χ0n) is 10.6. The maximum Gasteiger partial charge on any atom is 0.387 e. The molecule has 108 valence electrons. The number of ether oxygens (including phenoxy) is 1. The van der Waals surface area contributed by atoms with Crippen LogP contribution in [-0.2, 0) is 0 Å². The van der Waals surface area contributed by atoms with Crippen molar-refractivity contribution in [1.29, 1.82) is 0 Å². The number of fused-ring (bicyclic) bond motifs is 1. The third-order valence-electron chi connectivity index (χ3n) is 2.96. The van der Waals surface area contributed by atoms with Gasteiger partial charge in [-0.2, -0.15) is 8.78 Å². The first-order valence-corrected chi connectivity index (χ1v) is 6.82. The Morgan fingerprint density at radius 3 is 2.52 bits per heavy atom. The number of nitrogens with zero attached hydrogens (tertiary/aromatic N) is 2. The Hall–Kier alpha value is -2.15. The molecule has 0 saturated heterocycles. The number of benzene rings is 2. The third kappa shape index (κ3) is 2.69. The fourth-order valence-corrected chi connectivity index (χ4v) is 2.47. The highest BCUT2D eigenvalue weighted by molar-refractivity contribution is 9.10. The van der Waals surface area contributed by atoms with Gasteiger partial charge >= 0.3 is 6.61 Å². The normalized spacial score (nSPS) is 11.2. The number of halogens is 3. The van der Waals surface area contributed by atoms with Crippen LogP contribution in [0.15, 0.2) is 46.9 Å². The van der Waals surface area contributed by atoms with Crippen LogP contribution in [-0.4, -0.2) is 16.2 Å². The van der Waals surface area contributed by atoms with Gasteiger partial charge in [0.25, 0.3) is 0 Å². The molecule has 0 aliphatic heterocycles. The molecule has 0 spiro atoms. The smallest absolute Gasteiger partial charge is 0.387 e.